The molecule has 7 nitrogen and oxygen atoms in total. The summed E-state index contributed by atoms with van der Waals surface area (Å²) in [4.78, 5) is 24.9. The van der Waals surface area contributed by atoms with Crippen molar-refractivity contribution < 1.29 is 23.4 Å². The lowest BCUT2D eigenvalue weighted by molar-refractivity contribution is 0.102. The van der Waals surface area contributed by atoms with Gasteiger partial charge in [0.1, 0.15) is 28.4 Å². The number of carbonyl (C=O) groups excluding carboxylic acids is 1. The number of rotatable bonds is 6. The Hall–Kier alpha value is -3.48. The summed E-state index contributed by atoms with van der Waals surface area (Å²) in [5.74, 6) is 0.991. The Morgan fingerprint density at radius 3 is 2.52 bits per heavy atom. The summed E-state index contributed by atoms with van der Waals surface area (Å²) in [7, 11) is 3.01. The molecule has 0 unspecified atom stereocenters. The summed E-state index contributed by atoms with van der Waals surface area (Å²) in [6.07, 6.45) is 0. The van der Waals surface area contributed by atoms with E-state index in [1.807, 2.05) is 6.92 Å². The van der Waals surface area contributed by atoms with Crippen LogP contribution in [0.4, 0.5) is 5.69 Å². The first-order valence-corrected chi connectivity index (χ1v) is 8.29. The van der Waals surface area contributed by atoms with Crippen LogP contribution in [0.15, 0.2) is 51.7 Å². The molecule has 3 rings (SSSR count). The van der Waals surface area contributed by atoms with Crippen LogP contribution in [-0.4, -0.2) is 26.7 Å². The molecule has 1 N–H and O–H groups in total. The Morgan fingerprint density at radius 2 is 1.81 bits per heavy atom. The first-order chi connectivity index (χ1) is 13.0. The Labute approximate surface area is 155 Å². The van der Waals surface area contributed by atoms with Crippen molar-refractivity contribution >= 4 is 22.6 Å². The van der Waals surface area contributed by atoms with E-state index in [9.17, 15) is 9.59 Å². The molecule has 0 bridgehead atoms. The molecule has 140 valence electrons. The zero-order valence-corrected chi connectivity index (χ0v) is 15.2. The summed E-state index contributed by atoms with van der Waals surface area (Å²) < 4.78 is 21.1. The highest BCUT2D eigenvalue weighted by Crippen LogP contribution is 2.29. The van der Waals surface area contributed by atoms with Crippen molar-refractivity contribution in [3.8, 4) is 17.2 Å². The predicted molar refractivity (Wildman–Crippen MR) is 101 cm³/mol. The van der Waals surface area contributed by atoms with Gasteiger partial charge in [-0.1, -0.05) is 0 Å². The first kappa shape index (κ1) is 18.3. The SMILES string of the molecule is CCOc1ccc2cc(C(=O)Nc3ccc(OC)cc3OC)c(=O)oc2c1. The van der Waals surface area contributed by atoms with Crippen molar-refractivity contribution in [2.45, 2.75) is 6.92 Å². The van der Waals surface area contributed by atoms with Gasteiger partial charge in [0.15, 0.2) is 0 Å². The van der Waals surface area contributed by atoms with Crippen LogP contribution >= 0.6 is 0 Å². The van der Waals surface area contributed by atoms with Crippen LogP contribution in [-0.2, 0) is 0 Å². The quantitative estimate of drug-likeness (QED) is 0.670. The third-order valence-electron chi connectivity index (χ3n) is 3.92. The molecule has 0 aliphatic carbocycles. The number of anilines is 1. The van der Waals surface area contributed by atoms with E-state index < -0.39 is 11.5 Å². The number of ether oxygens (including phenoxy) is 3. The maximum atomic E-state index is 12.6. The maximum Gasteiger partial charge on any atom is 0.349 e. The van der Waals surface area contributed by atoms with Gasteiger partial charge < -0.3 is 23.9 Å². The van der Waals surface area contributed by atoms with E-state index >= 15 is 0 Å². The molecule has 0 atom stereocenters. The van der Waals surface area contributed by atoms with Gasteiger partial charge >= 0.3 is 5.63 Å². The summed E-state index contributed by atoms with van der Waals surface area (Å²) in [5.41, 5.74) is -0.0790. The van der Waals surface area contributed by atoms with Crippen LogP contribution in [0.1, 0.15) is 17.3 Å². The molecular weight excluding hydrogens is 350 g/mol. The normalized spacial score (nSPS) is 10.5. The minimum atomic E-state index is -0.735. The van der Waals surface area contributed by atoms with Crippen LogP contribution in [0, 0.1) is 0 Å². The molecule has 0 saturated heterocycles. The lowest BCUT2D eigenvalue weighted by Gasteiger charge is -2.11. The highest BCUT2D eigenvalue weighted by molar-refractivity contribution is 6.06. The fourth-order valence-corrected chi connectivity index (χ4v) is 2.60. The third-order valence-corrected chi connectivity index (χ3v) is 3.92. The Kier molecular flexibility index (Phi) is 5.30. The number of nitrogens with one attached hydrogen (secondary N) is 1. The van der Waals surface area contributed by atoms with Crippen LogP contribution in [0.25, 0.3) is 11.0 Å². The molecule has 0 fully saturated rings. The number of fused-ring (bicyclic) bond motifs is 1. The minimum Gasteiger partial charge on any atom is -0.497 e. The van der Waals surface area contributed by atoms with Crippen LogP contribution in [0.5, 0.6) is 17.2 Å². The van der Waals surface area contributed by atoms with Crippen molar-refractivity contribution in [2.24, 2.45) is 0 Å². The van der Waals surface area contributed by atoms with Gasteiger partial charge in [-0.15, -0.1) is 0 Å². The van der Waals surface area contributed by atoms with Crippen molar-refractivity contribution in [1.29, 1.82) is 0 Å². The van der Waals surface area contributed by atoms with Crippen LogP contribution in [0.2, 0.25) is 0 Å². The van der Waals surface area contributed by atoms with Crippen LogP contribution < -0.4 is 25.2 Å². The lowest BCUT2D eigenvalue weighted by atomic mass is 10.1. The second-order valence-corrected chi connectivity index (χ2v) is 5.60. The zero-order valence-electron chi connectivity index (χ0n) is 15.2. The van der Waals surface area contributed by atoms with E-state index in [1.54, 1.807) is 36.4 Å². The molecule has 1 aromatic heterocycles. The van der Waals surface area contributed by atoms with Gasteiger partial charge in [0.2, 0.25) is 0 Å². The van der Waals surface area contributed by atoms with E-state index in [0.717, 1.165) is 0 Å². The molecule has 1 heterocycles. The molecule has 0 saturated carbocycles. The zero-order chi connectivity index (χ0) is 19.4. The summed E-state index contributed by atoms with van der Waals surface area (Å²) in [6, 6.07) is 11.5. The number of hydrogen-bond donors (Lipinski definition) is 1. The largest absolute Gasteiger partial charge is 0.497 e. The van der Waals surface area contributed by atoms with Gasteiger partial charge in [0.05, 0.1) is 26.5 Å². The smallest absolute Gasteiger partial charge is 0.349 e. The standard InChI is InChI=1S/C20H19NO6/c1-4-26-14-6-5-12-9-15(20(23)27-17(12)11-14)19(22)21-16-8-7-13(24-2)10-18(16)25-3/h5-11H,4H2,1-3H3,(H,21,22). The molecule has 0 aliphatic heterocycles. The second kappa shape index (κ2) is 7.82. The van der Waals surface area contributed by atoms with E-state index in [2.05, 4.69) is 5.32 Å². The Morgan fingerprint density at radius 1 is 1.04 bits per heavy atom. The summed E-state index contributed by atoms with van der Waals surface area (Å²) in [5, 5.41) is 3.28. The Bertz CT molecular complexity index is 1040. The number of hydrogen-bond acceptors (Lipinski definition) is 6. The van der Waals surface area contributed by atoms with Crippen molar-refractivity contribution in [3.05, 3.63) is 58.4 Å². The fourth-order valence-electron chi connectivity index (χ4n) is 2.60. The Balaban J connectivity index is 1.93. The van der Waals surface area contributed by atoms with Gasteiger partial charge in [-0.25, -0.2) is 4.79 Å². The highest BCUT2D eigenvalue weighted by Gasteiger charge is 2.16. The van der Waals surface area contributed by atoms with E-state index in [4.69, 9.17) is 18.6 Å². The lowest BCUT2D eigenvalue weighted by Crippen LogP contribution is -2.21. The topological polar surface area (TPSA) is 87.0 Å². The molecule has 0 radical (unpaired) electrons. The van der Waals surface area contributed by atoms with E-state index in [-0.39, 0.29) is 5.56 Å². The van der Waals surface area contributed by atoms with Gasteiger partial charge in [-0.3, -0.25) is 4.79 Å². The van der Waals surface area contributed by atoms with Crippen molar-refractivity contribution in [2.75, 3.05) is 26.1 Å². The summed E-state index contributed by atoms with van der Waals surface area (Å²) >= 11 is 0. The van der Waals surface area contributed by atoms with Gasteiger partial charge in [0, 0.05) is 17.5 Å². The first-order valence-electron chi connectivity index (χ1n) is 8.29. The van der Waals surface area contributed by atoms with Gasteiger partial charge in [0.25, 0.3) is 5.91 Å². The monoisotopic (exact) mass is 369 g/mol. The molecule has 3 aromatic rings. The van der Waals surface area contributed by atoms with E-state index in [1.165, 1.54) is 20.3 Å². The molecule has 1 amide bonds. The fraction of sp³-hybridized carbons (Fsp3) is 0.200. The molecule has 0 aliphatic rings. The number of benzene rings is 2. The molecule has 7 heteroatoms. The second-order valence-electron chi connectivity index (χ2n) is 5.60. The van der Waals surface area contributed by atoms with Crippen LogP contribution in [0.3, 0.4) is 0 Å². The minimum absolute atomic E-state index is 0.107. The van der Waals surface area contributed by atoms with Gasteiger partial charge in [-0.2, -0.15) is 0 Å². The number of methoxy groups -OCH3 is 2. The average molecular weight is 369 g/mol. The maximum absolute atomic E-state index is 12.6. The highest BCUT2D eigenvalue weighted by atomic mass is 16.5. The third kappa shape index (κ3) is 3.87. The predicted octanol–water partition coefficient (Wildman–Crippen LogP) is 3.46. The van der Waals surface area contributed by atoms with Crippen molar-refractivity contribution in [3.63, 3.8) is 0 Å². The molecule has 2 aromatic carbocycles. The van der Waals surface area contributed by atoms with Gasteiger partial charge in [-0.05, 0) is 37.3 Å². The molecular formula is C20H19NO6. The van der Waals surface area contributed by atoms with E-state index in [0.29, 0.717) is 40.5 Å². The van der Waals surface area contributed by atoms with Crippen molar-refractivity contribution in [1.82, 2.24) is 0 Å². The molecule has 27 heavy (non-hydrogen) atoms. The number of carbonyl (C=O) groups is 1. The summed E-state index contributed by atoms with van der Waals surface area (Å²) in [6.45, 7) is 2.36. The number of amides is 1. The average Bonchev–Trinajstić information content (AvgIpc) is 2.67. The molecule has 0 spiro atoms.